The average Bonchev–Trinajstić information content (AvgIpc) is 1.38. The Labute approximate surface area is 36.4 Å². The van der Waals surface area contributed by atoms with Gasteiger partial charge in [0.05, 0.1) is 0 Å². The lowest BCUT2D eigenvalue weighted by Crippen LogP contribution is -1.73. The predicted molar refractivity (Wildman–Crippen MR) is 26.8 cm³/mol. The largest absolute Gasteiger partial charge is 0.289 e. The summed E-state index contributed by atoms with van der Waals surface area (Å²) < 4.78 is 0. The molecule has 0 radical (unpaired) electrons. The molecule has 0 aliphatic carbocycles. The quantitative estimate of drug-likeness (QED) is 0.382. The fourth-order valence-electron chi connectivity index (χ4n) is 0. The van der Waals surface area contributed by atoms with Crippen LogP contribution in [0.4, 0.5) is 0 Å². The third kappa shape index (κ3) is 4.08. The van der Waals surface area contributed by atoms with E-state index in [1.807, 2.05) is 0 Å². The van der Waals surface area contributed by atoms with Gasteiger partial charge in [0.1, 0.15) is 0 Å². The van der Waals surface area contributed by atoms with E-state index in [1.165, 1.54) is 11.6 Å². The van der Waals surface area contributed by atoms with Gasteiger partial charge in [-0.1, -0.05) is 0 Å². The van der Waals surface area contributed by atoms with Gasteiger partial charge in [-0.25, -0.2) is 0 Å². The molecular weight excluding hydrogens is 82.9 g/mol. The second kappa shape index (κ2) is 2.33. The van der Waals surface area contributed by atoms with Crippen LogP contribution in [-0.2, 0) is 4.79 Å². The zero-order valence-electron chi connectivity index (χ0n) is 3.32. The second-order valence-electron chi connectivity index (χ2n) is 0.696. The highest BCUT2D eigenvalue weighted by molar-refractivity contribution is 8.31. The summed E-state index contributed by atoms with van der Waals surface area (Å²) in [5.41, 5.74) is 0. The summed E-state index contributed by atoms with van der Waals surface area (Å²) in [6.45, 7) is 1.55. The molecule has 0 saturated heterocycles. The van der Waals surface area contributed by atoms with E-state index in [1.54, 1.807) is 14.0 Å². The third-order valence-electron chi connectivity index (χ3n) is 0.287. The molecule has 0 spiro atoms. The predicted octanol–water partition coefficient (Wildman–Crippen LogP) is -0.186. The van der Waals surface area contributed by atoms with Gasteiger partial charge in [-0.2, -0.15) is 0 Å². The summed E-state index contributed by atoms with van der Waals surface area (Å²) >= 11 is 1.24. The maximum Gasteiger partial charge on any atom is 0.183 e. The van der Waals surface area contributed by atoms with Crippen molar-refractivity contribution >= 4 is 23.9 Å². The van der Waals surface area contributed by atoms with Crippen LogP contribution in [0.1, 0.15) is 6.92 Å². The molecule has 3 heteroatoms. The third-order valence-corrected chi connectivity index (χ3v) is 0.862. The highest BCUT2D eigenvalue weighted by Gasteiger charge is 1.77. The van der Waals surface area contributed by atoms with E-state index in [2.05, 4.69) is 0 Å². The van der Waals surface area contributed by atoms with Gasteiger partial charge in [0.15, 0.2) is 12.2 Å². The molecule has 0 aromatic rings. The SMILES string of the molecule is BSC(C)=O. The van der Waals surface area contributed by atoms with E-state index in [0.29, 0.717) is 0 Å². The first-order chi connectivity index (χ1) is 2.27. The van der Waals surface area contributed by atoms with Gasteiger partial charge in [0, 0.05) is 6.92 Å². The fraction of sp³-hybridized carbons (Fsp3) is 0.500. The van der Waals surface area contributed by atoms with Crippen molar-refractivity contribution in [1.29, 1.82) is 0 Å². The maximum atomic E-state index is 9.78. The van der Waals surface area contributed by atoms with Crippen molar-refractivity contribution in [1.82, 2.24) is 0 Å². The van der Waals surface area contributed by atoms with Crippen LogP contribution in [0.25, 0.3) is 0 Å². The van der Waals surface area contributed by atoms with Gasteiger partial charge >= 0.3 is 0 Å². The van der Waals surface area contributed by atoms with Gasteiger partial charge in [0.25, 0.3) is 0 Å². The average molecular weight is 87.9 g/mol. The molecule has 0 amide bonds. The Morgan fingerprint density at radius 1 is 2.00 bits per heavy atom. The molecule has 0 fully saturated rings. The number of rotatable bonds is 0. The van der Waals surface area contributed by atoms with Crippen LogP contribution in [0.5, 0.6) is 0 Å². The highest BCUT2D eigenvalue weighted by atomic mass is 32.2. The summed E-state index contributed by atoms with van der Waals surface area (Å²) in [6, 6.07) is 0. The Bertz CT molecular complexity index is 44.9. The molecule has 0 atom stereocenters. The molecule has 0 aliphatic rings. The summed E-state index contributed by atoms with van der Waals surface area (Å²) in [7, 11) is 1.77. The van der Waals surface area contributed by atoms with Crippen LogP contribution in [0.3, 0.4) is 0 Å². The van der Waals surface area contributed by atoms with Crippen LogP contribution in [-0.4, -0.2) is 12.2 Å². The molecule has 5 heavy (non-hydrogen) atoms. The Hall–Kier alpha value is 0.0849. The molecule has 28 valence electrons. The van der Waals surface area contributed by atoms with Crippen molar-refractivity contribution in [2.24, 2.45) is 0 Å². The molecule has 0 unspecified atom stereocenters. The molecule has 1 nitrogen and oxygen atoms in total. The first-order valence-electron chi connectivity index (χ1n) is 1.32. The van der Waals surface area contributed by atoms with E-state index >= 15 is 0 Å². The number of carbonyl (C=O) groups excluding carboxylic acids is 1. The van der Waals surface area contributed by atoms with Crippen molar-refractivity contribution in [3.8, 4) is 0 Å². The lowest BCUT2D eigenvalue weighted by atomic mass is 10.8. The zero-order chi connectivity index (χ0) is 4.28. The van der Waals surface area contributed by atoms with Crippen molar-refractivity contribution in [2.75, 3.05) is 0 Å². The molecular formula is C2H5BOS. The Morgan fingerprint density at radius 3 is 2.20 bits per heavy atom. The molecule has 0 saturated carbocycles. The van der Waals surface area contributed by atoms with Gasteiger partial charge in [-0.15, -0.1) is 11.6 Å². The number of hydrogen-bond donors (Lipinski definition) is 0. The van der Waals surface area contributed by atoms with E-state index < -0.39 is 0 Å². The smallest absolute Gasteiger partial charge is 0.183 e. The van der Waals surface area contributed by atoms with E-state index in [0.717, 1.165) is 0 Å². The Kier molecular flexibility index (Phi) is 2.37. The topological polar surface area (TPSA) is 17.1 Å². The molecule has 0 N–H and O–H groups in total. The minimum absolute atomic E-state index is 0.171. The first-order valence-corrected chi connectivity index (χ1v) is 2.54. The van der Waals surface area contributed by atoms with E-state index in [9.17, 15) is 4.79 Å². The zero-order valence-corrected chi connectivity index (χ0v) is 4.13. The molecule has 0 heterocycles. The molecule has 0 aromatic heterocycles. The normalized spacial score (nSPS) is 7.40. The van der Waals surface area contributed by atoms with Crippen LogP contribution in [0.15, 0.2) is 0 Å². The summed E-state index contributed by atoms with van der Waals surface area (Å²) in [5, 5.41) is 0.171. The highest BCUT2D eigenvalue weighted by Crippen LogP contribution is 1.86. The van der Waals surface area contributed by atoms with E-state index in [4.69, 9.17) is 0 Å². The lowest BCUT2D eigenvalue weighted by Gasteiger charge is -1.72. The Balaban J connectivity index is 2.85. The minimum atomic E-state index is 0.171. The summed E-state index contributed by atoms with van der Waals surface area (Å²) in [5.74, 6) is 0. The first kappa shape index (κ1) is 5.08. The number of hydrogen-bond acceptors (Lipinski definition) is 2. The van der Waals surface area contributed by atoms with Crippen LogP contribution >= 0.6 is 11.6 Å². The molecule has 0 aliphatic heterocycles. The molecule has 0 aromatic carbocycles. The van der Waals surface area contributed by atoms with Crippen molar-refractivity contribution in [3.63, 3.8) is 0 Å². The minimum Gasteiger partial charge on any atom is -0.289 e. The second-order valence-corrected chi connectivity index (χ2v) is 1.68. The van der Waals surface area contributed by atoms with Gasteiger partial charge < -0.3 is 0 Å². The maximum absolute atomic E-state index is 9.78. The molecule has 0 bridgehead atoms. The van der Waals surface area contributed by atoms with Crippen molar-refractivity contribution in [2.45, 2.75) is 6.92 Å². The summed E-state index contributed by atoms with van der Waals surface area (Å²) in [6.07, 6.45) is 0. The number of carbonyl (C=O) groups is 1. The lowest BCUT2D eigenvalue weighted by molar-refractivity contribution is -0.109. The van der Waals surface area contributed by atoms with Crippen LogP contribution in [0.2, 0.25) is 0 Å². The fourth-order valence-corrected chi connectivity index (χ4v) is 0. The van der Waals surface area contributed by atoms with Gasteiger partial charge in [0.2, 0.25) is 0 Å². The van der Waals surface area contributed by atoms with Crippen LogP contribution < -0.4 is 0 Å². The summed E-state index contributed by atoms with van der Waals surface area (Å²) in [4.78, 5) is 9.78. The van der Waals surface area contributed by atoms with Crippen LogP contribution in [0, 0.1) is 0 Å². The molecule has 0 rings (SSSR count). The monoisotopic (exact) mass is 88.0 g/mol. The Morgan fingerprint density at radius 2 is 2.20 bits per heavy atom. The van der Waals surface area contributed by atoms with Gasteiger partial charge in [-0.05, 0) is 0 Å². The van der Waals surface area contributed by atoms with Crippen molar-refractivity contribution in [3.05, 3.63) is 0 Å². The van der Waals surface area contributed by atoms with Gasteiger partial charge in [-0.3, -0.25) is 4.79 Å². The van der Waals surface area contributed by atoms with E-state index in [-0.39, 0.29) is 5.12 Å². The van der Waals surface area contributed by atoms with Crippen molar-refractivity contribution < 1.29 is 4.79 Å². The standard InChI is InChI=1S/C2H5BOS/c1-2(4)5-3/h3H2,1H3.